The second kappa shape index (κ2) is 10.8. The van der Waals surface area contributed by atoms with Crippen LogP contribution < -0.4 is 0 Å². The summed E-state index contributed by atoms with van der Waals surface area (Å²) in [6.45, 7) is 1.98. The van der Waals surface area contributed by atoms with Crippen molar-refractivity contribution in [2.75, 3.05) is 40.9 Å². The zero-order chi connectivity index (χ0) is 18.1. The Morgan fingerprint density at radius 2 is 1.91 bits per heavy atom. The highest BCUT2D eigenvalue weighted by molar-refractivity contribution is 7.80. The number of unbranched alkanes of at least 4 members (excludes halogenated alkanes) is 2. The van der Waals surface area contributed by atoms with Crippen LogP contribution >= 0.6 is 20.0 Å². The molecule has 9 heteroatoms. The average molecular weight is 372 g/mol. The molecule has 138 valence electrons. The molecule has 7 nitrogen and oxygen atoms in total. The molecule has 0 radical (unpaired) electrons. The Labute approximate surface area is 144 Å². The van der Waals surface area contributed by atoms with E-state index < -0.39 is 26.6 Å². The van der Waals surface area contributed by atoms with E-state index in [2.05, 4.69) is 0 Å². The summed E-state index contributed by atoms with van der Waals surface area (Å²) in [6.07, 6.45) is 0.677. The Morgan fingerprint density at radius 1 is 1.30 bits per heavy atom. The van der Waals surface area contributed by atoms with E-state index in [1.807, 2.05) is 28.1 Å². The SMILES string of the molecule is CCCCCC(=S)C(OP(=O)(O)OCC[N+](C)(C)C)[C@@H](O)CO. The molecular weight excluding hydrogens is 341 g/mol. The first-order chi connectivity index (χ1) is 10.5. The highest BCUT2D eigenvalue weighted by Crippen LogP contribution is 2.45. The Morgan fingerprint density at radius 3 is 2.39 bits per heavy atom. The fourth-order valence-corrected chi connectivity index (χ4v) is 3.08. The Hall–Kier alpha value is 0.0800. The predicted octanol–water partition coefficient (Wildman–Crippen LogP) is 1.50. The van der Waals surface area contributed by atoms with Crippen molar-refractivity contribution in [2.45, 2.75) is 44.8 Å². The van der Waals surface area contributed by atoms with Crippen LogP contribution in [0.25, 0.3) is 0 Å². The van der Waals surface area contributed by atoms with Crippen LogP contribution in [0.4, 0.5) is 0 Å². The monoisotopic (exact) mass is 372 g/mol. The van der Waals surface area contributed by atoms with Crippen molar-refractivity contribution >= 4 is 24.9 Å². The molecule has 2 unspecified atom stereocenters. The summed E-state index contributed by atoms with van der Waals surface area (Å²) >= 11 is 5.18. The lowest BCUT2D eigenvalue weighted by Gasteiger charge is -2.26. The van der Waals surface area contributed by atoms with Gasteiger partial charge in [-0.1, -0.05) is 32.0 Å². The van der Waals surface area contributed by atoms with Gasteiger partial charge in [0.2, 0.25) is 0 Å². The summed E-state index contributed by atoms with van der Waals surface area (Å²) in [5.41, 5.74) is 0. The molecule has 0 aliphatic rings. The van der Waals surface area contributed by atoms with E-state index in [1.165, 1.54) is 0 Å². The highest BCUT2D eigenvalue weighted by atomic mass is 32.1. The lowest BCUT2D eigenvalue weighted by Crippen LogP contribution is -2.39. The quantitative estimate of drug-likeness (QED) is 0.195. The van der Waals surface area contributed by atoms with Gasteiger partial charge in [-0.2, -0.15) is 0 Å². The van der Waals surface area contributed by atoms with Crippen molar-refractivity contribution in [3.05, 3.63) is 0 Å². The number of likely N-dealkylation sites (N-methyl/N-ethyl adjacent to an activating group) is 1. The third-order valence-electron chi connectivity index (χ3n) is 3.14. The molecule has 0 rings (SSSR count). The molecule has 0 aromatic rings. The number of quaternary nitrogens is 1. The first kappa shape index (κ1) is 23.1. The largest absolute Gasteiger partial charge is 0.473 e. The van der Waals surface area contributed by atoms with Gasteiger partial charge in [0.15, 0.2) is 0 Å². The summed E-state index contributed by atoms with van der Waals surface area (Å²) in [7, 11) is 1.41. The first-order valence-corrected chi connectivity index (χ1v) is 9.70. The van der Waals surface area contributed by atoms with Crippen LogP contribution in [-0.4, -0.2) is 77.6 Å². The zero-order valence-electron chi connectivity index (χ0n) is 14.5. The summed E-state index contributed by atoms with van der Waals surface area (Å²) in [5, 5.41) is 18.9. The molecule has 0 saturated carbocycles. The minimum atomic E-state index is -4.36. The Balaban J connectivity index is 4.67. The van der Waals surface area contributed by atoms with E-state index in [1.54, 1.807) is 0 Å². The molecular formula is C14H31NO6PS+. The molecule has 0 aromatic carbocycles. The van der Waals surface area contributed by atoms with Crippen molar-refractivity contribution in [3.63, 3.8) is 0 Å². The molecule has 3 atom stereocenters. The van der Waals surface area contributed by atoms with Gasteiger partial charge in [0.25, 0.3) is 0 Å². The number of aliphatic hydroxyl groups is 2. The van der Waals surface area contributed by atoms with Gasteiger partial charge in [-0.05, 0) is 12.8 Å². The first-order valence-electron chi connectivity index (χ1n) is 7.80. The van der Waals surface area contributed by atoms with Crippen LogP contribution in [0.3, 0.4) is 0 Å². The average Bonchev–Trinajstić information content (AvgIpc) is 2.42. The maximum absolute atomic E-state index is 12.0. The molecule has 0 amide bonds. The van der Waals surface area contributed by atoms with Crippen LogP contribution in [0.1, 0.15) is 32.6 Å². The zero-order valence-corrected chi connectivity index (χ0v) is 16.2. The maximum atomic E-state index is 12.0. The lowest BCUT2D eigenvalue weighted by molar-refractivity contribution is -0.870. The van der Waals surface area contributed by atoms with Gasteiger partial charge in [0.05, 0.1) is 27.7 Å². The topological polar surface area (TPSA) is 96.2 Å². The summed E-state index contributed by atoms with van der Waals surface area (Å²) in [4.78, 5) is 10.1. The van der Waals surface area contributed by atoms with E-state index in [0.717, 1.165) is 19.3 Å². The number of aliphatic hydroxyl groups excluding tert-OH is 2. The van der Waals surface area contributed by atoms with E-state index in [9.17, 15) is 14.6 Å². The molecule has 0 spiro atoms. The van der Waals surface area contributed by atoms with Gasteiger partial charge in [0, 0.05) is 4.86 Å². The standard InChI is InChI=1S/C14H30NO6PS/c1-5-6-7-8-13(23)14(12(17)11-16)21-22(18,19)20-10-9-15(2,3)4/h12,14,16-17H,5-11H2,1-4H3/p+1/t12-,14?/m0/s1. The molecule has 0 saturated heterocycles. The van der Waals surface area contributed by atoms with Crippen molar-refractivity contribution < 1.29 is 33.2 Å². The third kappa shape index (κ3) is 11.3. The molecule has 0 aliphatic heterocycles. The second-order valence-corrected chi connectivity index (χ2v) is 8.45. The number of hydrogen-bond donors (Lipinski definition) is 3. The second-order valence-electron chi connectivity index (χ2n) is 6.52. The van der Waals surface area contributed by atoms with Crippen LogP contribution in [-0.2, 0) is 13.6 Å². The van der Waals surface area contributed by atoms with Gasteiger partial charge in [-0.25, -0.2) is 4.57 Å². The lowest BCUT2D eigenvalue weighted by atomic mass is 10.1. The highest BCUT2D eigenvalue weighted by Gasteiger charge is 2.33. The van der Waals surface area contributed by atoms with Gasteiger partial charge in [-0.15, -0.1) is 0 Å². The summed E-state index contributed by atoms with van der Waals surface area (Å²) in [5.74, 6) is 0. The molecule has 0 aliphatic carbocycles. The van der Waals surface area contributed by atoms with Crippen LogP contribution in [0.2, 0.25) is 0 Å². The number of phosphoric acid groups is 1. The molecule has 23 heavy (non-hydrogen) atoms. The van der Waals surface area contributed by atoms with Gasteiger partial charge >= 0.3 is 7.82 Å². The van der Waals surface area contributed by atoms with Gasteiger partial charge < -0.3 is 19.6 Å². The minimum Gasteiger partial charge on any atom is -0.394 e. The number of phosphoric ester groups is 1. The van der Waals surface area contributed by atoms with Crippen molar-refractivity contribution in [2.24, 2.45) is 0 Å². The van der Waals surface area contributed by atoms with Crippen LogP contribution in [0, 0.1) is 0 Å². The van der Waals surface area contributed by atoms with E-state index in [4.69, 9.17) is 26.4 Å². The molecule has 0 aromatic heterocycles. The molecule has 0 fully saturated rings. The van der Waals surface area contributed by atoms with E-state index in [-0.39, 0.29) is 6.61 Å². The molecule has 0 bridgehead atoms. The summed E-state index contributed by atoms with van der Waals surface area (Å²) < 4.78 is 22.5. The molecule has 0 heterocycles. The normalized spacial score (nSPS) is 17.5. The van der Waals surface area contributed by atoms with Gasteiger partial charge in [0.1, 0.15) is 25.4 Å². The van der Waals surface area contributed by atoms with Crippen molar-refractivity contribution in [1.29, 1.82) is 0 Å². The minimum absolute atomic E-state index is 0.0296. The predicted molar refractivity (Wildman–Crippen MR) is 93.4 cm³/mol. The Kier molecular flexibility index (Phi) is 10.9. The Bertz CT molecular complexity index is 401. The van der Waals surface area contributed by atoms with Crippen LogP contribution in [0.5, 0.6) is 0 Å². The summed E-state index contributed by atoms with van der Waals surface area (Å²) in [6, 6.07) is 0. The maximum Gasteiger partial charge on any atom is 0.473 e. The van der Waals surface area contributed by atoms with E-state index >= 15 is 0 Å². The van der Waals surface area contributed by atoms with Crippen molar-refractivity contribution in [1.82, 2.24) is 0 Å². The number of rotatable bonds is 13. The van der Waals surface area contributed by atoms with E-state index in [0.29, 0.717) is 22.3 Å². The van der Waals surface area contributed by atoms with Crippen LogP contribution in [0.15, 0.2) is 0 Å². The van der Waals surface area contributed by atoms with Gasteiger partial charge in [-0.3, -0.25) is 9.05 Å². The number of thiocarbonyl (C=S) groups is 1. The number of nitrogens with zero attached hydrogens (tertiary/aromatic N) is 1. The number of hydrogen-bond acceptors (Lipinski definition) is 6. The fourth-order valence-electron chi connectivity index (χ4n) is 1.73. The molecule has 3 N–H and O–H groups in total. The fraction of sp³-hybridized carbons (Fsp3) is 0.929. The third-order valence-corrected chi connectivity index (χ3v) is 4.58. The van der Waals surface area contributed by atoms with Crippen molar-refractivity contribution in [3.8, 4) is 0 Å². The smallest absolute Gasteiger partial charge is 0.394 e.